The van der Waals surface area contributed by atoms with Crippen molar-refractivity contribution < 1.29 is 14.3 Å². The molecule has 1 amide bonds. The molecule has 0 bridgehead atoms. The fraction of sp³-hybridized carbons (Fsp3) is 0.467. The normalized spacial score (nSPS) is 11.8. The molecule has 0 aliphatic heterocycles. The molecule has 0 saturated heterocycles. The van der Waals surface area contributed by atoms with Crippen LogP contribution in [0.5, 0.6) is 0 Å². The Balaban J connectivity index is 2.72. The Kier molecular flexibility index (Phi) is 7.39. The van der Waals surface area contributed by atoms with Gasteiger partial charge in [0, 0.05) is 10.4 Å². The summed E-state index contributed by atoms with van der Waals surface area (Å²) in [5, 5.41) is 2.84. The largest absolute Gasteiger partial charge is 0.462 e. The highest BCUT2D eigenvalue weighted by Gasteiger charge is 2.15. The van der Waals surface area contributed by atoms with Crippen LogP contribution in [-0.4, -0.2) is 25.0 Å². The standard InChI is InChI=1S/C15H21BrN2O3/c1-3-21-15(20)11-6-7-13(12(16)9-11)18-14(19)10(2)5-4-8-17/h6-7,9-10H,3-5,8,17H2,1-2H3,(H,18,19). The number of hydrogen-bond donors (Lipinski definition) is 2. The Hall–Kier alpha value is -1.40. The summed E-state index contributed by atoms with van der Waals surface area (Å²) in [7, 11) is 0. The fourth-order valence-electron chi connectivity index (χ4n) is 1.77. The fourth-order valence-corrected chi connectivity index (χ4v) is 2.25. The second-order valence-corrected chi connectivity index (χ2v) is 5.59. The van der Waals surface area contributed by atoms with Crippen LogP contribution in [0.4, 0.5) is 5.69 Å². The molecule has 1 unspecified atom stereocenters. The van der Waals surface area contributed by atoms with Gasteiger partial charge in [-0.15, -0.1) is 0 Å². The summed E-state index contributed by atoms with van der Waals surface area (Å²) >= 11 is 3.35. The van der Waals surface area contributed by atoms with E-state index in [1.807, 2.05) is 6.92 Å². The number of amides is 1. The van der Waals surface area contributed by atoms with Gasteiger partial charge in [0.25, 0.3) is 0 Å². The van der Waals surface area contributed by atoms with Crippen molar-refractivity contribution >= 4 is 33.5 Å². The Morgan fingerprint density at radius 3 is 2.71 bits per heavy atom. The van der Waals surface area contributed by atoms with Gasteiger partial charge in [0.15, 0.2) is 0 Å². The monoisotopic (exact) mass is 356 g/mol. The molecular formula is C15H21BrN2O3. The first-order valence-electron chi connectivity index (χ1n) is 6.97. The van der Waals surface area contributed by atoms with Gasteiger partial charge in [0.05, 0.1) is 17.9 Å². The summed E-state index contributed by atoms with van der Waals surface area (Å²) < 4.78 is 5.57. The predicted octanol–water partition coefficient (Wildman–Crippen LogP) is 2.94. The molecule has 0 radical (unpaired) electrons. The second kappa shape index (κ2) is 8.79. The highest BCUT2D eigenvalue weighted by molar-refractivity contribution is 9.10. The zero-order valence-electron chi connectivity index (χ0n) is 12.3. The third kappa shape index (κ3) is 5.47. The van der Waals surface area contributed by atoms with E-state index in [1.165, 1.54) is 0 Å². The van der Waals surface area contributed by atoms with Crippen molar-refractivity contribution in [1.82, 2.24) is 0 Å². The molecular weight excluding hydrogens is 336 g/mol. The Morgan fingerprint density at radius 1 is 1.43 bits per heavy atom. The molecule has 1 rings (SSSR count). The van der Waals surface area contributed by atoms with Gasteiger partial charge in [0.2, 0.25) is 5.91 Å². The van der Waals surface area contributed by atoms with Crippen molar-refractivity contribution in [3.8, 4) is 0 Å². The maximum atomic E-state index is 12.0. The van der Waals surface area contributed by atoms with Crippen molar-refractivity contribution in [3.05, 3.63) is 28.2 Å². The third-order valence-corrected chi connectivity index (χ3v) is 3.68. The van der Waals surface area contributed by atoms with Crippen LogP contribution < -0.4 is 11.1 Å². The van der Waals surface area contributed by atoms with E-state index in [-0.39, 0.29) is 17.8 Å². The molecule has 0 heterocycles. The first-order chi connectivity index (χ1) is 9.99. The van der Waals surface area contributed by atoms with E-state index < -0.39 is 0 Å². The molecule has 1 aromatic rings. The van der Waals surface area contributed by atoms with Gasteiger partial charge in [-0.3, -0.25) is 4.79 Å². The lowest BCUT2D eigenvalue weighted by Gasteiger charge is -2.13. The number of carbonyl (C=O) groups is 2. The van der Waals surface area contributed by atoms with Crippen LogP contribution in [0.15, 0.2) is 22.7 Å². The highest BCUT2D eigenvalue weighted by atomic mass is 79.9. The van der Waals surface area contributed by atoms with Crippen LogP contribution in [0, 0.1) is 5.92 Å². The van der Waals surface area contributed by atoms with Crippen LogP contribution in [0.1, 0.15) is 37.0 Å². The summed E-state index contributed by atoms with van der Waals surface area (Å²) in [5.74, 6) is -0.550. The van der Waals surface area contributed by atoms with Crippen molar-refractivity contribution in [1.29, 1.82) is 0 Å². The topological polar surface area (TPSA) is 81.4 Å². The maximum Gasteiger partial charge on any atom is 0.338 e. The summed E-state index contributed by atoms with van der Waals surface area (Å²) in [5.41, 5.74) is 6.51. The minimum atomic E-state index is -0.382. The van der Waals surface area contributed by atoms with Gasteiger partial charge in [-0.05, 0) is 60.4 Å². The Bertz CT molecular complexity index is 506. The summed E-state index contributed by atoms with van der Waals surface area (Å²) in [6.45, 7) is 4.53. The van der Waals surface area contributed by atoms with Crippen LogP contribution in [0.25, 0.3) is 0 Å². The lowest BCUT2D eigenvalue weighted by molar-refractivity contribution is -0.119. The van der Waals surface area contributed by atoms with Crippen LogP contribution in [0.3, 0.4) is 0 Å². The number of halogens is 1. The number of hydrogen-bond acceptors (Lipinski definition) is 4. The van der Waals surface area contributed by atoms with E-state index in [0.717, 1.165) is 12.8 Å². The molecule has 0 aliphatic carbocycles. The summed E-state index contributed by atoms with van der Waals surface area (Å²) in [6, 6.07) is 4.95. The molecule has 0 saturated carbocycles. The molecule has 5 nitrogen and oxygen atoms in total. The second-order valence-electron chi connectivity index (χ2n) is 4.74. The smallest absolute Gasteiger partial charge is 0.338 e. The third-order valence-electron chi connectivity index (χ3n) is 3.03. The minimum Gasteiger partial charge on any atom is -0.462 e. The van der Waals surface area contributed by atoms with Crippen molar-refractivity contribution in [2.24, 2.45) is 11.7 Å². The molecule has 21 heavy (non-hydrogen) atoms. The van der Waals surface area contributed by atoms with Crippen molar-refractivity contribution in [2.45, 2.75) is 26.7 Å². The molecule has 1 atom stereocenters. The van der Waals surface area contributed by atoms with E-state index in [2.05, 4.69) is 21.2 Å². The van der Waals surface area contributed by atoms with Crippen LogP contribution in [0.2, 0.25) is 0 Å². The van der Waals surface area contributed by atoms with E-state index in [9.17, 15) is 9.59 Å². The van der Waals surface area contributed by atoms with Gasteiger partial charge in [-0.2, -0.15) is 0 Å². The van der Waals surface area contributed by atoms with Crippen molar-refractivity contribution in [2.75, 3.05) is 18.5 Å². The lowest BCUT2D eigenvalue weighted by atomic mass is 10.0. The average Bonchev–Trinajstić information content (AvgIpc) is 2.46. The summed E-state index contributed by atoms with van der Waals surface area (Å²) in [6.07, 6.45) is 1.57. The average molecular weight is 357 g/mol. The van der Waals surface area contributed by atoms with Crippen LogP contribution in [-0.2, 0) is 9.53 Å². The van der Waals surface area contributed by atoms with Gasteiger partial charge in [-0.25, -0.2) is 4.79 Å². The molecule has 0 spiro atoms. The number of ether oxygens (including phenoxy) is 1. The zero-order chi connectivity index (χ0) is 15.8. The number of benzene rings is 1. The van der Waals surface area contributed by atoms with E-state index in [4.69, 9.17) is 10.5 Å². The molecule has 116 valence electrons. The van der Waals surface area contributed by atoms with Gasteiger partial charge in [0.1, 0.15) is 0 Å². The molecule has 6 heteroatoms. The lowest BCUT2D eigenvalue weighted by Crippen LogP contribution is -2.21. The number of carbonyl (C=O) groups excluding carboxylic acids is 2. The predicted molar refractivity (Wildman–Crippen MR) is 86.2 cm³/mol. The number of rotatable bonds is 7. The van der Waals surface area contributed by atoms with E-state index >= 15 is 0 Å². The van der Waals surface area contributed by atoms with Crippen molar-refractivity contribution in [3.63, 3.8) is 0 Å². The summed E-state index contributed by atoms with van der Waals surface area (Å²) in [4.78, 5) is 23.6. The number of anilines is 1. The number of nitrogens with two attached hydrogens (primary N) is 1. The Labute approximate surface area is 133 Å². The maximum absolute atomic E-state index is 12.0. The first kappa shape index (κ1) is 17.7. The first-order valence-corrected chi connectivity index (χ1v) is 7.76. The molecule has 3 N–H and O–H groups in total. The van der Waals surface area contributed by atoms with E-state index in [0.29, 0.717) is 28.9 Å². The van der Waals surface area contributed by atoms with Crippen LogP contribution >= 0.6 is 15.9 Å². The molecule has 0 aromatic heterocycles. The molecule has 0 fully saturated rings. The van der Waals surface area contributed by atoms with Gasteiger partial charge >= 0.3 is 5.97 Å². The quantitative estimate of drug-likeness (QED) is 0.735. The zero-order valence-corrected chi connectivity index (χ0v) is 13.9. The van der Waals surface area contributed by atoms with E-state index in [1.54, 1.807) is 25.1 Å². The molecule has 1 aromatic carbocycles. The minimum absolute atomic E-state index is 0.0620. The SMILES string of the molecule is CCOC(=O)c1ccc(NC(=O)C(C)CCCN)c(Br)c1. The van der Waals surface area contributed by atoms with Gasteiger partial charge < -0.3 is 15.8 Å². The number of nitrogens with one attached hydrogen (secondary N) is 1. The highest BCUT2D eigenvalue weighted by Crippen LogP contribution is 2.25. The Morgan fingerprint density at radius 2 is 2.14 bits per heavy atom. The molecule has 0 aliphatic rings. The number of esters is 1. The van der Waals surface area contributed by atoms with Gasteiger partial charge in [-0.1, -0.05) is 6.92 Å².